The fourth-order valence-electron chi connectivity index (χ4n) is 1.99. The van der Waals surface area contributed by atoms with Crippen LogP contribution in [0.5, 0.6) is 0 Å². The summed E-state index contributed by atoms with van der Waals surface area (Å²) in [5.74, 6) is 0. The number of fused-ring (bicyclic) bond motifs is 1. The fraction of sp³-hybridized carbons (Fsp3) is 0.400. The minimum atomic E-state index is -0.555. The summed E-state index contributed by atoms with van der Waals surface area (Å²) in [4.78, 5) is 6.36. The molecule has 1 N–H and O–H groups in total. The Kier molecular flexibility index (Phi) is 3.37. The van der Waals surface area contributed by atoms with E-state index in [0.717, 1.165) is 16.5 Å². The number of nitrogens with zero attached hydrogens (tertiary/aromatic N) is 2. The van der Waals surface area contributed by atoms with E-state index in [2.05, 4.69) is 4.98 Å². The van der Waals surface area contributed by atoms with E-state index in [9.17, 15) is 5.11 Å². The summed E-state index contributed by atoms with van der Waals surface area (Å²) >= 11 is 0. The summed E-state index contributed by atoms with van der Waals surface area (Å²) in [5, 5.41) is 11.7. The highest BCUT2D eigenvalue weighted by Crippen LogP contribution is 2.33. The zero-order chi connectivity index (χ0) is 13.3. The molecule has 96 valence electrons. The molecule has 18 heavy (non-hydrogen) atoms. The minimum absolute atomic E-state index is 0.329. The molecular formula is C15H20N2O. The van der Waals surface area contributed by atoms with Gasteiger partial charge in [-0.15, -0.1) is 0 Å². The van der Waals surface area contributed by atoms with Crippen LogP contribution in [0, 0.1) is 0 Å². The van der Waals surface area contributed by atoms with Crippen LogP contribution in [0.15, 0.2) is 36.5 Å². The molecule has 2 rings (SSSR count). The lowest BCUT2D eigenvalue weighted by atomic mass is 9.88. The quantitative estimate of drug-likeness (QED) is 0.901. The topological polar surface area (TPSA) is 36.4 Å². The molecule has 1 atom stereocenters. The van der Waals surface area contributed by atoms with Gasteiger partial charge >= 0.3 is 0 Å². The van der Waals surface area contributed by atoms with Crippen molar-refractivity contribution in [2.45, 2.75) is 25.5 Å². The first-order valence-electron chi connectivity index (χ1n) is 6.13. The van der Waals surface area contributed by atoms with Crippen LogP contribution >= 0.6 is 0 Å². The Bertz CT molecular complexity index is 544. The van der Waals surface area contributed by atoms with Crippen LogP contribution in [0.25, 0.3) is 10.9 Å². The summed E-state index contributed by atoms with van der Waals surface area (Å²) in [6, 6.07) is 9.79. The van der Waals surface area contributed by atoms with E-state index in [4.69, 9.17) is 0 Å². The predicted molar refractivity (Wildman–Crippen MR) is 74.5 cm³/mol. The van der Waals surface area contributed by atoms with Gasteiger partial charge in [0.1, 0.15) is 0 Å². The van der Waals surface area contributed by atoms with Crippen molar-refractivity contribution >= 4 is 10.9 Å². The molecule has 0 radical (unpaired) electrons. The van der Waals surface area contributed by atoms with Crippen molar-refractivity contribution < 1.29 is 5.11 Å². The number of benzene rings is 1. The molecule has 0 amide bonds. The second-order valence-corrected chi connectivity index (χ2v) is 5.37. The van der Waals surface area contributed by atoms with E-state index in [1.807, 2.05) is 63.2 Å². The first kappa shape index (κ1) is 13.0. The molecule has 1 aromatic heterocycles. The molecule has 1 aromatic carbocycles. The second-order valence-electron chi connectivity index (χ2n) is 5.37. The van der Waals surface area contributed by atoms with Gasteiger partial charge in [-0.05, 0) is 45.6 Å². The Morgan fingerprint density at radius 3 is 2.56 bits per heavy atom. The Hall–Kier alpha value is -1.45. The van der Waals surface area contributed by atoms with E-state index in [0.29, 0.717) is 0 Å². The predicted octanol–water partition coefficient (Wildman–Crippen LogP) is 2.61. The number of likely N-dealkylation sites (N-methyl/N-ethyl adjacent to an activating group) is 1. The first-order valence-corrected chi connectivity index (χ1v) is 6.13. The van der Waals surface area contributed by atoms with E-state index in [1.165, 1.54) is 0 Å². The Morgan fingerprint density at radius 1 is 1.17 bits per heavy atom. The number of aliphatic hydroxyl groups excluding tert-OH is 1. The maximum absolute atomic E-state index is 10.6. The molecule has 1 heterocycles. The third kappa shape index (κ3) is 2.11. The summed E-state index contributed by atoms with van der Waals surface area (Å²) in [5.41, 5.74) is 1.52. The van der Waals surface area contributed by atoms with Crippen LogP contribution in [-0.2, 0) is 0 Å². The van der Waals surface area contributed by atoms with Gasteiger partial charge < -0.3 is 10.0 Å². The van der Waals surface area contributed by atoms with E-state index < -0.39 is 6.10 Å². The maximum Gasteiger partial charge on any atom is 0.0974 e. The monoisotopic (exact) mass is 244 g/mol. The standard InChI is InChI=1S/C15H20N2O/c1-15(2,17(3)4)14(18)12-7-5-9-13-11(12)8-6-10-16-13/h5-10,14,18H,1-4H3. The van der Waals surface area contributed by atoms with Gasteiger partial charge in [0.2, 0.25) is 0 Å². The summed E-state index contributed by atoms with van der Waals surface area (Å²) in [6.45, 7) is 4.07. The van der Waals surface area contributed by atoms with E-state index >= 15 is 0 Å². The normalized spacial score (nSPS) is 14.1. The van der Waals surface area contributed by atoms with Crippen molar-refractivity contribution in [2.24, 2.45) is 0 Å². The summed E-state index contributed by atoms with van der Waals surface area (Å²) < 4.78 is 0. The van der Waals surface area contributed by atoms with Crippen LogP contribution in [0.3, 0.4) is 0 Å². The van der Waals surface area contributed by atoms with E-state index in [-0.39, 0.29) is 5.54 Å². The van der Waals surface area contributed by atoms with Crippen molar-refractivity contribution in [2.75, 3.05) is 14.1 Å². The SMILES string of the molecule is CN(C)C(C)(C)C(O)c1cccc2ncccc12. The van der Waals surface area contributed by atoms with Crippen LogP contribution in [0.2, 0.25) is 0 Å². The van der Waals surface area contributed by atoms with Crippen molar-refractivity contribution in [1.82, 2.24) is 9.88 Å². The van der Waals surface area contributed by atoms with Crippen LogP contribution in [0.4, 0.5) is 0 Å². The minimum Gasteiger partial charge on any atom is -0.386 e. The van der Waals surface area contributed by atoms with Gasteiger partial charge in [-0.25, -0.2) is 0 Å². The molecule has 0 saturated carbocycles. The molecule has 0 aliphatic rings. The first-order chi connectivity index (χ1) is 8.44. The average Bonchev–Trinajstić information content (AvgIpc) is 2.37. The highest BCUT2D eigenvalue weighted by Gasteiger charge is 2.32. The molecular weight excluding hydrogens is 224 g/mol. The van der Waals surface area contributed by atoms with E-state index in [1.54, 1.807) is 6.20 Å². The number of hydrogen-bond donors (Lipinski definition) is 1. The third-order valence-corrected chi connectivity index (χ3v) is 3.80. The molecule has 0 fully saturated rings. The zero-order valence-corrected chi connectivity index (χ0v) is 11.4. The molecule has 0 spiro atoms. The summed E-state index contributed by atoms with van der Waals surface area (Å²) in [7, 11) is 3.96. The lowest BCUT2D eigenvalue weighted by Gasteiger charge is -2.37. The zero-order valence-electron chi connectivity index (χ0n) is 11.4. The molecule has 2 aromatic rings. The highest BCUT2D eigenvalue weighted by molar-refractivity contribution is 5.82. The van der Waals surface area contributed by atoms with Gasteiger partial charge in [0.05, 0.1) is 11.6 Å². The molecule has 0 aliphatic heterocycles. The maximum atomic E-state index is 10.6. The Balaban J connectivity index is 2.55. The molecule has 0 saturated heterocycles. The van der Waals surface area contributed by atoms with Gasteiger partial charge in [0, 0.05) is 17.1 Å². The van der Waals surface area contributed by atoms with Crippen molar-refractivity contribution in [3.05, 3.63) is 42.1 Å². The van der Waals surface area contributed by atoms with Crippen molar-refractivity contribution in [3.63, 3.8) is 0 Å². The highest BCUT2D eigenvalue weighted by atomic mass is 16.3. The van der Waals surface area contributed by atoms with Gasteiger partial charge in [-0.2, -0.15) is 0 Å². The fourth-order valence-corrected chi connectivity index (χ4v) is 1.99. The number of pyridine rings is 1. The average molecular weight is 244 g/mol. The largest absolute Gasteiger partial charge is 0.386 e. The summed E-state index contributed by atoms with van der Waals surface area (Å²) in [6.07, 6.45) is 1.22. The Labute approximate surface area is 108 Å². The van der Waals surface area contributed by atoms with Gasteiger partial charge in [-0.1, -0.05) is 18.2 Å². The van der Waals surface area contributed by atoms with Crippen molar-refractivity contribution in [3.8, 4) is 0 Å². The smallest absolute Gasteiger partial charge is 0.0974 e. The number of aromatic nitrogens is 1. The van der Waals surface area contributed by atoms with Gasteiger partial charge in [0.25, 0.3) is 0 Å². The van der Waals surface area contributed by atoms with Gasteiger partial charge in [-0.3, -0.25) is 4.98 Å². The third-order valence-electron chi connectivity index (χ3n) is 3.80. The van der Waals surface area contributed by atoms with Crippen LogP contribution < -0.4 is 0 Å². The van der Waals surface area contributed by atoms with Crippen LogP contribution in [0.1, 0.15) is 25.5 Å². The lowest BCUT2D eigenvalue weighted by molar-refractivity contribution is 0.0173. The molecule has 0 aliphatic carbocycles. The van der Waals surface area contributed by atoms with Crippen molar-refractivity contribution in [1.29, 1.82) is 0 Å². The molecule has 3 nitrogen and oxygen atoms in total. The number of hydrogen-bond acceptors (Lipinski definition) is 3. The van der Waals surface area contributed by atoms with Gasteiger partial charge in [0.15, 0.2) is 0 Å². The molecule has 1 unspecified atom stereocenters. The number of aliphatic hydroxyl groups is 1. The second kappa shape index (κ2) is 4.67. The molecule has 3 heteroatoms. The van der Waals surface area contributed by atoms with Crippen LogP contribution in [-0.4, -0.2) is 34.6 Å². The lowest BCUT2D eigenvalue weighted by Crippen LogP contribution is -2.43. The Morgan fingerprint density at radius 2 is 1.89 bits per heavy atom. The number of rotatable bonds is 3. The molecule has 0 bridgehead atoms.